The van der Waals surface area contributed by atoms with Crippen LogP contribution in [0.25, 0.3) is 0 Å². The first-order valence-electron chi connectivity index (χ1n) is 9.36. The Hall–Kier alpha value is -3.10. The predicted molar refractivity (Wildman–Crippen MR) is 104 cm³/mol. The van der Waals surface area contributed by atoms with E-state index in [1.54, 1.807) is 20.8 Å². The Morgan fingerprint density at radius 1 is 1.24 bits per heavy atom. The molecular weight excluding hydrogens is 378 g/mol. The van der Waals surface area contributed by atoms with Gasteiger partial charge in [-0.05, 0) is 38.3 Å². The first-order valence-corrected chi connectivity index (χ1v) is 9.36. The molecule has 2 rings (SSSR count). The zero-order valence-electron chi connectivity index (χ0n) is 16.8. The largest absolute Gasteiger partial charge is 0.480 e. The van der Waals surface area contributed by atoms with E-state index in [-0.39, 0.29) is 25.8 Å². The highest BCUT2D eigenvalue weighted by Crippen LogP contribution is 2.25. The average Bonchev–Trinajstić information content (AvgIpc) is 2.62. The monoisotopic (exact) mass is 405 g/mol. The summed E-state index contributed by atoms with van der Waals surface area (Å²) in [5.74, 6) is -2.56. The number of carbonyl (C=O) groups excluding carboxylic acids is 3. The molecule has 9 nitrogen and oxygen atoms in total. The van der Waals surface area contributed by atoms with Crippen molar-refractivity contribution in [3.05, 3.63) is 35.4 Å². The van der Waals surface area contributed by atoms with Crippen molar-refractivity contribution in [2.24, 2.45) is 5.73 Å². The van der Waals surface area contributed by atoms with Gasteiger partial charge in [-0.1, -0.05) is 24.3 Å². The highest BCUT2D eigenvalue weighted by Gasteiger charge is 2.38. The fourth-order valence-corrected chi connectivity index (χ4v) is 3.08. The molecule has 1 aromatic rings. The number of primary amides is 1. The van der Waals surface area contributed by atoms with Crippen LogP contribution in [0.15, 0.2) is 24.3 Å². The van der Waals surface area contributed by atoms with Crippen LogP contribution in [0, 0.1) is 0 Å². The maximum atomic E-state index is 12.9. The van der Waals surface area contributed by atoms with Gasteiger partial charge in [-0.15, -0.1) is 0 Å². The molecule has 29 heavy (non-hydrogen) atoms. The summed E-state index contributed by atoms with van der Waals surface area (Å²) in [6.07, 6.45) is -0.744. The molecule has 0 aromatic heterocycles. The maximum Gasteiger partial charge on any atom is 0.411 e. The Bertz CT molecular complexity index is 802. The van der Waals surface area contributed by atoms with Crippen LogP contribution in [0.1, 0.15) is 44.7 Å². The van der Waals surface area contributed by atoms with Gasteiger partial charge in [0.1, 0.15) is 17.7 Å². The van der Waals surface area contributed by atoms with Gasteiger partial charge in [-0.25, -0.2) is 9.59 Å². The molecule has 0 saturated heterocycles. The van der Waals surface area contributed by atoms with E-state index in [1.807, 2.05) is 24.3 Å². The van der Waals surface area contributed by atoms with Gasteiger partial charge in [0.15, 0.2) is 0 Å². The number of hydrogen-bond donors (Lipinski definition) is 3. The van der Waals surface area contributed by atoms with Crippen LogP contribution in [-0.2, 0) is 32.1 Å². The van der Waals surface area contributed by atoms with E-state index in [4.69, 9.17) is 10.5 Å². The molecule has 3 amide bonds. The van der Waals surface area contributed by atoms with E-state index in [1.165, 1.54) is 4.90 Å². The number of nitrogens with two attached hydrogens (primary N) is 1. The van der Waals surface area contributed by atoms with Gasteiger partial charge in [0, 0.05) is 12.8 Å². The standard InChI is InChI=1S/C20H27N3O6/c1-20(2,3)29-19(28)23-11-13-7-5-4-6-12(13)10-15(23)17(25)22-14(18(26)27)8-9-16(21)24/h4-7,14-15H,8-11H2,1-3H3,(H2,21,24)(H,22,25)(H,26,27)/t14-,15-/m0/s1. The normalized spacial score (nSPS) is 17.1. The third-order valence-corrected chi connectivity index (χ3v) is 4.47. The number of ether oxygens (including phenoxy) is 1. The summed E-state index contributed by atoms with van der Waals surface area (Å²) in [7, 11) is 0. The highest BCUT2D eigenvalue weighted by molar-refractivity contribution is 5.90. The Labute approximate surface area is 169 Å². The van der Waals surface area contributed by atoms with E-state index < -0.39 is 41.6 Å². The second-order valence-electron chi connectivity index (χ2n) is 8.00. The molecule has 2 atom stereocenters. The fourth-order valence-electron chi connectivity index (χ4n) is 3.08. The van der Waals surface area contributed by atoms with Gasteiger partial charge in [-0.3, -0.25) is 14.5 Å². The van der Waals surface area contributed by atoms with Crippen molar-refractivity contribution in [3.8, 4) is 0 Å². The summed E-state index contributed by atoms with van der Waals surface area (Å²) < 4.78 is 5.43. The lowest BCUT2D eigenvalue weighted by molar-refractivity contribution is -0.143. The summed E-state index contributed by atoms with van der Waals surface area (Å²) in [5, 5.41) is 11.8. The van der Waals surface area contributed by atoms with E-state index in [9.17, 15) is 24.3 Å². The Kier molecular flexibility index (Phi) is 6.84. The smallest absolute Gasteiger partial charge is 0.411 e. The summed E-state index contributed by atoms with van der Waals surface area (Å²) in [6, 6.07) is 5.20. The van der Waals surface area contributed by atoms with Crippen LogP contribution in [0.5, 0.6) is 0 Å². The number of amides is 3. The number of hydrogen-bond acceptors (Lipinski definition) is 5. The molecule has 0 bridgehead atoms. The molecule has 4 N–H and O–H groups in total. The Morgan fingerprint density at radius 3 is 2.41 bits per heavy atom. The van der Waals surface area contributed by atoms with Crippen LogP contribution in [0.2, 0.25) is 0 Å². The minimum absolute atomic E-state index is 0.133. The number of carboxylic acids is 1. The van der Waals surface area contributed by atoms with Crippen molar-refractivity contribution in [2.45, 2.75) is 64.3 Å². The number of benzene rings is 1. The molecule has 9 heteroatoms. The van der Waals surface area contributed by atoms with Crippen molar-refractivity contribution in [1.82, 2.24) is 10.2 Å². The van der Waals surface area contributed by atoms with Gasteiger partial charge >= 0.3 is 12.1 Å². The first-order chi connectivity index (χ1) is 13.5. The van der Waals surface area contributed by atoms with Crippen molar-refractivity contribution >= 4 is 23.9 Å². The Morgan fingerprint density at radius 2 is 1.86 bits per heavy atom. The van der Waals surface area contributed by atoms with Crippen LogP contribution >= 0.6 is 0 Å². The first kappa shape index (κ1) is 22.2. The molecule has 1 aliphatic heterocycles. The molecule has 1 aliphatic rings. The minimum Gasteiger partial charge on any atom is -0.480 e. The zero-order chi connectivity index (χ0) is 21.8. The summed E-state index contributed by atoms with van der Waals surface area (Å²) in [5.41, 5.74) is 6.12. The third kappa shape index (κ3) is 6.20. The average molecular weight is 405 g/mol. The third-order valence-electron chi connectivity index (χ3n) is 4.47. The number of carbonyl (C=O) groups is 4. The molecule has 0 radical (unpaired) electrons. The second-order valence-corrected chi connectivity index (χ2v) is 8.00. The van der Waals surface area contributed by atoms with E-state index in [2.05, 4.69) is 5.32 Å². The van der Waals surface area contributed by atoms with Crippen molar-refractivity contribution < 1.29 is 29.0 Å². The number of nitrogens with zero attached hydrogens (tertiary/aromatic N) is 1. The van der Waals surface area contributed by atoms with Crippen LogP contribution in [-0.4, -0.2) is 51.6 Å². The molecule has 1 heterocycles. The van der Waals surface area contributed by atoms with Crippen LogP contribution in [0.3, 0.4) is 0 Å². The molecule has 1 aromatic carbocycles. The number of rotatable bonds is 6. The van der Waals surface area contributed by atoms with Crippen LogP contribution < -0.4 is 11.1 Å². The van der Waals surface area contributed by atoms with Crippen LogP contribution in [0.4, 0.5) is 4.79 Å². The number of nitrogens with one attached hydrogen (secondary N) is 1. The van der Waals surface area contributed by atoms with Gasteiger partial charge < -0.3 is 20.9 Å². The molecule has 0 fully saturated rings. The van der Waals surface area contributed by atoms with Crippen molar-refractivity contribution in [2.75, 3.05) is 0 Å². The van der Waals surface area contributed by atoms with Crippen molar-refractivity contribution in [3.63, 3.8) is 0 Å². The molecule has 0 unspecified atom stereocenters. The lowest BCUT2D eigenvalue weighted by Gasteiger charge is -2.37. The lowest BCUT2D eigenvalue weighted by Crippen LogP contribution is -2.56. The number of carboxylic acid groups (broad SMARTS) is 1. The summed E-state index contributed by atoms with van der Waals surface area (Å²) >= 11 is 0. The minimum atomic E-state index is -1.28. The second kappa shape index (κ2) is 8.93. The lowest BCUT2D eigenvalue weighted by atomic mass is 9.93. The SMILES string of the molecule is CC(C)(C)OC(=O)N1Cc2ccccc2C[C@H]1C(=O)N[C@@H](CCC(N)=O)C(=O)O. The van der Waals surface area contributed by atoms with Gasteiger partial charge in [0.05, 0.1) is 6.54 Å². The summed E-state index contributed by atoms with van der Waals surface area (Å²) in [4.78, 5) is 49.4. The predicted octanol–water partition coefficient (Wildman–Crippen LogP) is 1.18. The fraction of sp³-hybridized carbons (Fsp3) is 0.500. The highest BCUT2D eigenvalue weighted by atomic mass is 16.6. The molecule has 0 saturated carbocycles. The van der Waals surface area contributed by atoms with Crippen molar-refractivity contribution in [1.29, 1.82) is 0 Å². The molecule has 158 valence electrons. The Balaban J connectivity index is 2.24. The van der Waals surface area contributed by atoms with Gasteiger partial charge in [0.2, 0.25) is 11.8 Å². The summed E-state index contributed by atoms with van der Waals surface area (Å²) in [6.45, 7) is 5.34. The molecular formula is C20H27N3O6. The van der Waals surface area contributed by atoms with Gasteiger partial charge in [0.25, 0.3) is 0 Å². The maximum absolute atomic E-state index is 12.9. The van der Waals surface area contributed by atoms with Gasteiger partial charge in [-0.2, -0.15) is 0 Å². The molecule has 0 spiro atoms. The number of aliphatic carboxylic acids is 1. The number of fused-ring (bicyclic) bond motifs is 1. The zero-order valence-corrected chi connectivity index (χ0v) is 16.8. The van der Waals surface area contributed by atoms with E-state index >= 15 is 0 Å². The quantitative estimate of drug-likeness (QED) is 0.649. The topological polar surface area (TPSA) is 139 Å². The van der Waals surface area contributed by atoms with E-state index in [0.717, 1.165) is 11.1 Å². The molecule has 0 aliphatic carbocycles. The van der Waals surface area contributed by atoms with E-state index in [0.29, 0.717) is 0 Å².